The Hall–Kier alpha value is -1.13. The molecule has 0 N–H and O–H groups in total. The summed E-state index contributed by atoms with van der Waals surface area (Å²) in [4.78, 5) is 13.0. The van der Waals surface area contributed by atoms with Crippen molar-refractivity contribution in [2.75, 3.05) is 0 Å². The Labute approximate surface area is 164 Å². The highest BCUT2D eigenvalue weighted by Crippen LogP contribution is 2.64. The summed E-state index contributed by atoms with van der Waals surface area (Å²) in [6, 6.07) is 0. The summed E-state index contributed by atoms with van der Waals surface area (Å²) in [5, 5.41) is 0. The van der Waals surface area contributed by atoms with Crippen LogP contribution < -0.4 is 0 Å². The van der Waals surface area contributed by atoms with Gasteiger partial charge in [-0.3, -0.25) is 4.79 Å². The summed E-state index contributed by atoms with van der Waals surface area (Å²) >= 11 is 0. The molecule has 5 aliphatic rings. The van der Waals surface area contributed by atoms with Gasteiger partial charge in [0.05, 0.1) is 11.2 Å². The molecule has 4 fully saturated rings. The van der Waals surface area contributed by atoms with Crippen LogP contribution in [0.1, 0.15) is 66.7 Å². The topological polar surface area (TPSA) is 35.5 Å². The van der Waals surface area contributed by atoms with Crippen LogP contribution in [0.15, 0.2) is 36.4 Å². The molecule has 146 valence electrons. The Morgan fingerprint density at radius 2 is 1.89 bits per heavy atom. The van der Waals surface area contributed by atoms with Gasteiger partial charge in [0.2, 0.25) is 0 Å². The van der Waals surface area contributed by atoms with Gasteiger partial charge in [-0.1, -0.05) is 37.2 Å². The highest BCUT2D eigenvalue weighted by atomic mass is 16.7. The maximum atomic E-state index is 13.0. The molecule has 0 aromatic carbocycles. The highest BCUT2D eigenvalue weighted by Gasteiger charge is 2.58. The summed E-state index contributed by atoms with van der Waals surface area (Å²) in [5.74, 6) is 3.28. The summed E-state index contributed by atoms with van der Waals surface area (Å²) in [6.07, 6.45) is 11.5. The lowest BCUT2D eigenvalue weighted by molar-refractivity contribution is -0.134. The third-order valence-electron chi connectivity index (χ3n) is 8.31. The molecule has 3 saturated carbocycles. The van der Waals surface area contributed by atoms with Crippen LogP contribution in [0.25, 0.3) is 0 Å². The normalized spacial score (nSPS) is 42.2. The smallest absolute Gasteiger partial charge is 0.400 e. The van der Waals surface area contributed by atoms with Crippen LogP contribution in [0, 0.1) is 22.7 Å². The first-order valence-corrected chi connectivity index (χ1v) is 10.4. The van der Waals surface area contributed by atoms with Crippen LogP contribution in [0.2, 0.25) is 0 Å². The molecule has 1 unspecified atom stereocenters. The van der Waals surface area contributed by atoms with Crippen molar-refractivity contribution in [2.45, 2.75) is 77.9 Å². The minimum absolute atomic E-state index is 0.146. The minimum Gasteiger partial charge on any atom is -0.400 e. The second-order valence-electron chi connectivity index (χ2n) is 10.5. The minimum atomic E-state index is -0.343. The molecule has 2 bridgehead atoms. The van der Waals surface area contributed by atoms with Crippen molar-refractivity contribution in [3.8, 4) is 0 Å². The molecule has 4 heteroatoms. The van der Waals surface area contributed by atoms with E-state index in [2.05, 4.69) is 53.3 Å². The maximum Gasteiger partial charge on any atom is 0.486 e. The van der Waals surface area contributed by atoms with Gasteiger partial charge < -0.3 is 9.31 Å². The van der Waals surface area contributed by atoms with Crippen LogP contribution in [-0.2, 0) is 14.1 Å². The molecule has 0 aromatic rings. The van der Waals surface area contributed by atoms with E-state index in [1.807, 2.05) is 12.1 Å². The second-order valence-corrected chi connectivity index (χ2v) is 10.5. The average Bonchev–Trinajstić information content (AvgIpc) is 2.78. The van der Waals surface area contributed by atoms with Gasteiger partial charge in [0.25, 0.3) is 0 Å². The van der Waals surface area contributed by atoms with Crippen molar-refractivity contribution in [2.24, 2.45) is 22.7 Å². The molecule has 1 aliphatic heterocycles. The zero-order valence-corrected chi connectivity index (χ0v) is 17.5. The van der Waals surface area contributed by atoms with E-state index in [4.69, 9.17) is 9.31 Å². The molecule has 1 saturated heterocycles. The van der Waals surface area contributed by atoms with Crippen LogP contribution in [0.5, 0.6) is 0 Å². The monoisotopic (exact) mass is 368 g/mol. The Morgan fingerprint density at radius 1 is 1.22 bits per heavy atom. The summed E-state index contributed by atoms with van der Waals surface area (Å²) < 4.78 is 12.1. The van der Waals surface area contributed by atoms with Crippen molar-refractivity contribution >= 4 is 12.9 Å². The van der Waals surface area contributed by atoms with Crippen molar-refractivity contribution in [1.82, 2.24) is 0 Å². The van der Waals surface area contributed by atoms with Gasteiger partial charge in [-0.2, -0.15) is 0 Å². The molecular formula is C23H33BO3. The zero-order valence-electron chi connectivity index (χ0n) is 17.5. The number of ketones is 1. The zero-order chi connectivity index (χ0) is 19.7. The standard InChI is InChI=1S/C23H33BO3/c1-16-15-23-11-8-17(16)14-18(23)22(6,19(25)9-12-23)10-7-13-24-26-20(2,3)21(4,5)27-24/h7,9,12-13,17-18H,1,8,10-11,14-15H2,2-6H3/b13-7+/t17-,18?,22-,23+/m0/s1. The SMILES string of the molecule is C=C1C[C@@]23C=CC(=O)[C@@](C)(C/C=C/B4OC(C)(C)C(C)(C)O4)C2C[C@@H]1CC3. The van der Waals surface area contributed by atoms with E-state index in [0.29, 0.717) is 11.8 Å². The number of carbonyl (C=O) groups excluding carboxylic acids is 1. The Morgan fingerprint density at radius 3 is 2.52 bits per heavy atom. The van der Waals surface area contributed by atoms with E-state index in [1.165, 1.54) is 18.4 Å². The number of rotatable bonds is 3. The van der Waals surface area contributed by atoms with E-state index in [0.717, 1.165) is 19.3 Å². The predicted octanol–water partition coefficient (Wildman–Crippen LogP) is 5.07. The lowest BCUT2D eigenvalue weighted by Crippen LogP contribution is -2.53. The van der Waals surface area contributed by atoms with Crippen LogP contribution in [0.3, 0.4) is 0 Å². The molecule has 4 aliphatic carbocycles. The number of hydrogen-bond donors (Lipinski definition) is 0. The quantitative estimate of drug-likeness (QED) is 0.515. The molecule has 4 atom stereocenters. The summed E-state index contributed by atoms with van der Waals surface area (Å²) in [7, 11) is -0.343. The summed E-state index contributed by atoms with van der Waals surface area (Å²) in [5.41, 5.74) is 0.539. The highest BCUT2D eigenvalue weighted by molar-refractivity contribution is 6.51. The lowest BCUT2D eigenvalue weighted by atomic mass is 9.44. The van der Waals surface area contributed by atoms with Crippen LogP contribution in [-0.4, -0.2) is 24.1 Å². The molecule has 0 amide bonds. The number of allylic oxidation sites excluding steroid dienone is 4. The third kappa shape index (κ3) is 2.83. The van der Waals surface area contributed by atoms with Crippen molar-refractivity contribution < 1.29 is 14.1 Å². The van der Waals surface area contributed by atoms with Gasteiger partial charge >= 0.3 is 7.12 Å². The van der Waals surface area contributed by atoms with Gasteiger partial charge in [0.1, 0.15) is 0 Å². The van der Waals surface area contributed by atoms with Crippen LogP contribution >= 0.6 is 0 Å². The first-order valence-electron chi connectivity index (χ1n) is 10.4. The number of carbonyl (C=O) groups is 1. The van der Waals surface area contributed by atoms with E-state index in [-0.39, 0.29) is 34.9 Å². The fourth-order valence-electron chi connectivity index (χ4n) is 5.79. The van der Waals surface area contributed by atoms with Crippen molar-refractivity contribution in [3.63, 3.8) is 0 Å². The molecule has 1 heterocycles. The molecule has 5 rings (SSSR count). The summed E-state index contributed by atoms with van der Waals surface area (Å²) in [6.45, 7) is 14.7. The maximum absolute atomic E-state index is 13.0. The van der Waals surface area contributed by atoms with Crippen LogP contribution in [0.4, 0.5) is 0 Å². The van der Waals surface area contributed by atoms with Gasteiger partial charge in [-0.15, -0.1) is 0 Å². The first kappa shape index (κ1) is 19.2. The van der Waals surface area contributed by atoms with Gasteiger partial charge in [0.15, 0.2) is 5.78 Å². The van der Waals surface area contributed by atoms with Gasteiger partial charge in [-0.25, -0.2) is 0 Å². The largest absolute Gasteiger partial charge is 0.486 e. The van der Waals surface area contributed by atoms with E-state index >= 15 is 0 Å². The average molecular weight is 368 g/mol. The van der Waals surface area contributed by atoms with Gasteiger partial charge in [0, 0.05) is 5.41 Å². The van der Waals surface area contributed by atoms with E-state index < -0.39 is 0 Å². The molecule has 1 spiro atoms. The first-order chi connectivity index (χ1) is 12.5. The predicted molar refractivity (Wildman–Crippen MR) is 109 cm³/mol. The Bertz CT molecular complexity index is 718. The van der Waals surface area contributed by atoms with E-state index in [9.17, 15) is 4.79 Å². The molecule has 3 nitrogen and oxygen atoms in total. The van der Waals surface area contributed by atoms with Gasteiger partial charge in [-0.05, 0) is 83.1 Å². The van der Waals surface area contributed by atoms with E-state index in [1.54, 1.807) is 0 Å². The lowest BCUT2D eigenvalue weighted by Gasteiger charge is -2.59. The Balaban J connectivity index is 1.53. The number of hydrogen-bond acceptors (Lipinski definition) is 3. The Kier molecular flexibility index (Phi) is 4.22. The molecular weight excluding hydrogens is 335 g/mol. The number of fused-ring (bicyclic) bond motifs is 2. The molecule has 0 aromatic heterocycles. The molecule has 0 radical (unpaired) electrons. The fourth-order valence-corrected chi connectivity index (χ4v) is 5.79. The molecule has 27 heavy (non-hydrogen) atoms. The van der Waals surface area contributed by atoms with Crippen molar-refractivity contribution in [3.05, 3.63) is 36.4 Å². The van der Waals surface area contributed by atoms with Crippen molar-refractivity contribution in [1.29, 1.82) is 0 Å². The second kappa shape index (κ2) is 5.94. The third-order valence-corrected chi connectivity index (χ3v) is 8.31. The fraction of sp³-hybridized carbons (Fsp3) is 0.696.